The summed E-state index contributed by atoms with van der Waals surface area (Å²) in [6.07, 6.45) is 0.839. The molecule has 0 bridgehead atoms. The van der Waals surface area contributed by atoms with Crippen LogP contribution in [-0.4, -0.2) is 31.6 Å². The topological polar surface area (TPSA) is 84.5 Å². The molecule has 0 saturated heterocycles. The monoisotopic (exact) mass is 466 g/mol. The highest BCUT2D eigenvalue weighted by Gasteiger charge is 2.23. The van der Waals surface area contributed by atoms with Crippen molar-refractivity contribution < 1.29 is 9.18 Å². The van der Waals surface area contributed by atoms with Gasteiger partial charge in [0.15, 0.2) is 5.65 Å². The number of aromatic nitrogens is 4. The van der Waals surface area contributed by atoms with Gasteiger partial charge < -0.3 is 10.2 Å². The molecule has 0 saturated carbocycles. The number of hydrogen-bond donors (Lipinski definition) is 1. The van der Waals surface area contributed by atoms with Crippen LogP contribution >= 0.6 is 11.6 Å². The van der Waals surface area contributed by atoms with E-state index in [-0.39, 0.29) is 17.3 Å². The maximum absolute atomic E-state index is 14.0. The number of rotatable bonds is 4. The number of nitrogens with one attached hydrogen (secondary N) is 1. The van der Waals surface area contributed by atoms with Crippen molar-refractivity contribution in [3.8, 4) is 0 Å². The lowest BCUT2D eigenvalue weighted by molar-refractivity contribution is -0.117. The van der Waals surface area contributed by atoms with Crippen LogP contribution in [0.1, 0.15) is 16.8 Å². The minimum atomic E-state index is -0.661. The van der Waals surface area contributed by atoms with Gasteiger partial charge in [-0.15, -0.1) is 5.10 Å². The normalized spacial score (nSPS) is 13.2. The molecule has 8 nitrogen and oxygen atoms in total. The van der Waals surface area contributed by atoms with Crippen molar-refractivity contribution in [3.63, 3.8) is 0 Å². The average Bonchev–Trinajstić information content (AvgIpc) is 3.09. The van der Waals surface area contributed by atoms with Gasteiger partial charge in [-0.25, -0.2) is 23.3 Å². The van der Waals surface area contributed by atoms with Crippen LogP contribution in [0.5, 0.6) is 0 Å². The van der Waals surface area contributed by atoms with E-state index in [2.05, 4.69) is 27.5 Å². The molecule has 4 aromatic rings. The highest BCUT2D eigenvalue weighted by molar-refractivity contribution is 6.30. The summed E-state index contributed by atoms with van der Waals surface area (Å²) in [5.74, 6) is -0.759. The second-order valence-corrected chi connectivity index (χ2v) is 8.38. The van der Waals surface area contributed by atoms with Crippen molar-refractivity contribution in [2.45, 2.75) is 26.4 Å². The van der Waals surface area contributed by atoms with E-state index in [0.29, 0.717) is 30.4 Å². The molecule has 0 fully saturated rings. The minimum absolute atomic E-state index is 0.0219. The van der Waals surface area contributed by atoms with E-state index in [4.69, 9.17) is 11.6 Å². The van der Waals surface area contributed by atoms with E-state index < -0.39 is 17.4 Å². The maximum atomic E-state index is 14.0. The Bertz CT molecular complexity index is 1450. The summed E-state index contributed by atoms with van der Waals surface area (Å²) >= 11 is 5.75. The molecule has 5 rings (SSSR count). The molecule has 1 N–H and O–H groups in total. The van der Waals surface area contributed by atoms with Crippen LogP contribution in [0.15, 0.2) is 53.3 Å². The lowest BCUT2D eigenvalue weighted by Crippen LogP contribution is -2.35. The fraction of sp³-hybridized carbons (Fsp3) is 0.217. The third-order valence-corrected chi connectivity index (χ3v) is 5.83. The van der Waals surface area contributed by atoms with Gasteiger partial charge in [-0.05, 0) is 42.7 Å². The Morgan fingerprint density at radius 2 is 1.97 bits per heavy atom. The smallest absolute Gasteiger partial charge is 0.337 e. The second kappa shape index (κ2) is 8.32. The summed E-state index contributed by atoms with van der Waals surface area (Å²) in [7, 11) is 0. The summed E-state index contributed by atoms with van der Waals surface area (Å²) in [5, 5.41) is 6.99. The molecule has 0 atom stereocenters. The van der Waals surface area contributed by atoms with E-state index in [1.807, 2.05) is 24.0 Å². The predicted octanol–water partition coefficient (Wildman–Crippen LogP) is 3.19. The number of halogens is 2. The van der Waals surface area contributed by atoms with Gasteiger partial charge in [0.2, 0.25) is 11.9 Å². The number of carbonyl (C=O) groups excluding carboxylic acids is 1. The highest BCUT2D eigenvalue weighted by atomic mass is 35.5. The predicted molar refractivity (Wildman–Crippen MR) is 123 cm³/mol. The van der Waals surface area contributed by atoms with Crippen LogP contribution < -0.4 is 15.9 Å². The zero-order valence-corrected chi connectivity index (χ0v) is 18.5. The summed E-state index contributed by atoms with van der Waals surface area (Å²) < 4.78 is 16.5. The molecule has 0 aliphatic carbocycles. The Labute approximate surface area is 193 Å². The molecule has 2 aromatic heterocycles. The van der Waals surface area contributed by atoms with Crippen molar-refractivity contribution in [2.75, 3.05) is 16.8 Å². The first-order valence-electron chi connectivity index (χ1n) is 10.4. The molecule has 33 heavy (non-hydrogen) atoms. The van der Waals surface area contributed by atoms with E-state index in [0.717, 1.165) is 17.2 Å². The molecule has 0 unspecified atom stereocenters. The van der Waals surface area contributed by atoms with E-state index in [9.17, 15) is 14.0 Å². The Hall–Kier alpha value is -3.72. The number of aryl methyl sites for hydroxylation is 1. The zero-order chi connectivity index (χ0) is 23.1. The molecule has 1 aliphatic heterocycles. The molecular weight excluding hydrogens is 447 g/mol. The number of fused-ring (bicyclic) bond motifs is 2. The van der Waals surface area contributed by atoms with Gasteiger partial charge in [-0.1, -0.05) is 35.9 Å². The second-order valence-electron chi connectivity index (χ2n) is 7.94. The van der Waals surface area contributed by atoms with Gasteiger partial charge >= 0.3 is 5.69 Å². The Balaban J connectivity index is 1.45. The molecular formula is C23H20ClFN6O2. The van der Waals surface area contributed by atoms with Gasteiger partial charge in [0.25, 0.3) is 0 Å². The summed E-state index contributed by atoms with van der Waals surface area (Å²) in [6.45, 7) is 2.79. The van der Waals surface area contributed by atoms with Crippen LogP contribution in [-0.2, 0) is 24.3 Å². The highest BCUT2D eigenvalue weighted by Crippen LogP contribution is 2.23. The van der Waals surface area contributed by atoms with Crippen LogP contribution in [0.3, 0.4) is 0 Å². The van der Waals surface area contributed by atoms with Crippen LogP contribution in [0.2, 0.25) is 5.02 Å². The molecule has 168 valence electrons. The lowest BCUT2D eigenvalue weighted by atomic mass is 10.0. The summed E-state index contributed by atoms with van der Waals surface area (Å²) in [5.41, 5.74) is 3.06. The zero-order valence-electron chi connectivity index (χ0n) is 17.8. The molecule has 1 amide bonds. The first-order chi connectivity index (χ1) is 15.9. The van der Waals surface area contributed by atoms with Gasteiger partial charge in [0.1, 0.15) is 12.4 Å². The van der Waals surface area contributed by atoms with Crippen molar-refractivity contribution in [1.82, 2.24) is 19.2 Å². The fourth-order valence-corrected chi connectivity index (χ4v) is 4.19. The third-order valence-electron chi connectivity index (χ3n) is 5.59. The Morgan fingerprint density at radius 1 is 1.18 bits per heavy atom. The van der Waals surface area contributed by atoms with Gasteiger partial charge in [-0.3, -0.25) is 4.79 Å². The minimum Gasteiger partial charge on any atom is -0.337 e. The molecule has 2 aromatic carbocycles. The van der Waals surface area contributed by atoms with Gasteiger partial charge in [-0.2, -0.15) is 0 Å². The molecule has 10 heteroatoms. The van der Waals surface area contributed by atoms with Crippen LogP contribution in [0, 0.1) is 12.7 Å². The molecule has 0 radical (unpaired) electrons. The SMILES string of the molecule is Cc1cc2nn(CC(=O)Nc3ccc(Cl)cc3F)c(=O)n2c(N2CCc3ccccc3C2)n1. The third kappa shape index (κ3) is 4.07. The fourth-order valence-electron chi connectivity index (χ4n) is 4.03. The van der Waals surface area contributed by atoms with Crippen LogP contribution in [0.25, 0.3) is 5.65 Å². The number of anilines is 2. The molecule has 0 spiro atoms. The molecule has 3 heterocycles. The van der Waals surface area contributed by atoms with Crippen molar-refractivity contribution >= 4 is 34.8 Å². The largest absolute Gasteiger partial charge is 0.353 e. The number of benzene rings is 2. The van der Waals surface area contributed by atoms with Gasteiger partial charge in [0.05, 0.1) is 5.69 Å². The summed E-state index contributed by atoms with van der Waals surface area (Å²) in [6, 6.07) is 13.8. The maximum Gasteiger partial charge on any atom is 0.353 e. The average molecular weight is 467 g/mol. The van der Waals surface area contributed by atoms with Crippen molar-refractivity contribution in [3.05, 3.63) is 86.7 Å². The van der Waals surface area contributed by atoms with E-state index in [1.165, 1.54) is 27.7 Å². The van der Waals surface area contributed by atoms with E-state index >= 15 is 0 Å². The Kier molecular flexibility index (Phi) is 5.33. The first kappa shape index (κ1) is 21.1. The Morgan fingerprint density at radius 3 is 2.76 bits per heavy atom. The first-order valence-corrected chi connectivity index (χ1v) is 10.8. The quantitative estimate of drug-likeness (QED) is 0.499. The molecule has 1 aliphatic rings. The van der Waals surface area contributed by atoms with Crippen LogP contribution in [0.4, 0.5) is 16.0 Å². The standard InChI is InChI=1S/C23H20ClFN6O2/c1-14-10-20-28-30(13-21(32)27-19-7-6-17(24)11-18(19)25)23(33)31(20)22(26-14)29-9-8-15-4-2-3-5-16(15)12-29/h2-7,10-11H,8-9,12-13H2,1H3,(H,27,32). The van der Waals surface area contributed by atoms with Gasteiger partial charge in [0, 0.05) is 29.9 Å². The van der Waals surface area contributed by atoms with Crippen molar-refractivity contribution in [2.24, 2.45) is 0 Å². The number of hydrogen-bond acceptors (Lipinski definition) is 5. The number of amides is 1. The lowest BCUT2D eigenvalue weighted by Gasteiger charge is -2.29. The number of nitrogens with zero attached hydrogens (tertiary/aromatic N) is 5. The number of carbonyl (C=O) groups is 1. The summed E-state index contributed by atoms with van der Waals surface area (Å²) in [4.78, 5) is 32.3. The van der Waals surface area contributed by atoms with E-state index in [1.54, 1.807) is 6.07 Å². The van der Waals surface area contributed by atoms with Crippen molar-refractivity contribution in [1.29, 1.82) is 0 Å².